The Labute approximate surface area is 134 Å². The van der Waals surface area contributed by atoms with Crippen LogP contribution in [0.3, 0.4) is 0 Å². The van der Waals surface area contributed by atoms with E-state index in [0.29, 0.717) is 11.4 Å². The van der Waals surface area contributed by atoms with Gasteiger partial charge in [0.1, 0.15) is 0 Å². The molecule has 0 fully saturated rings. The number of nitrogens with two attached hydrogens (primary N) is 2. The first-order chi connectivity index (χ1) is 11.4. The monoisotopic (exact) mass is 327 g/mol. The lowest BCUT2D eigenvalue weighted by Crippen LogP contribution is -2.15. The van der Waals surface area contributed by atoms with Crippen molar-refractivity contribution >= 4 is 34.5 Å². The zero-order valence-corrected chi connectivity index (χ0v) is 12.3. The van der Waals surface area contributed by atoms with E-state index in [1.165, 1.54) is 18.3 Å². The van der Waals surface area contributed by atoms with Gasteiger partial charge in [-0.25, -0.2) is 14.8 Å². The van der Waals surface area contributed by atoms with Crippen LogP contribution in [0.15, 0.2) is 29.2 Å². The van der Waals surface area contributed by atoms with Crippen LogP contribution >= 0.6 is 0 Å². The third kappa shape index (κ3) is 2.92. The summed E-state index contributed by atoms with van der Waals surface area (Å²) in [6, 6.07) is 4.50. The number of carbonyl (C=O) groups is 1. The molecule has 10 nitrogen and oxygen atoms in total. The summed E-state index contributed by atoms with van der Waals surface area (Å²) in [6.45, 7) is 0.263. The van der Waals surface area contributed by atoms with E-state index in [2.05, 4.69) is 25.3 Å². The first kappa shape index (κ1) is 15.2. The second-order valence-electron chi connectivity index (χ2n) is 4.95. The van der Waals surface area contributed by atoms with Gasteiger partial charge in [-0.2, -0.15) is 4.98 Å². The molecule has 0 spiro atoms. The van der Waals surface area contributed by atoms with Crippen molar-refractivity contribution in [3.63, 3.8) is 0 Å². The number of hydrogen-bond acceptors (Lipinski definition) is 8. The molecule has 0 amide bonds. The maximum atomic E-state index is 11.8. The Morgan fingerprint density at radius 2 is 2.08 bits per heavy atom. The van der Waals surface area contributed by atoms with Crippen LogP contribution in [0, 0.1) is 0 Å². The molecule has 0 saturated carbocycles. The molecule has 1 aromatic carbocycles. The molecule has 7 N–H and O–H groups in total. The average Bonchev–Trinajstić information content (AvgIpc) is 2.52. The smallest absolute Gasteiger partial charge is 0.337 e. The number of fused-ring (bicyclic) bond motifs is 1. The van der Waals surface area contributed by atoms with E-state index >= 15 is 0 Å². The summed E-state index contributed by atoms with van der Waals surface area (Å²) in [4.78, 5) is 37.2. The van der Waals surface area contributed by atoms with E-state index in [-0.39, 0.29) is 34.9 Å². The predicted molar refractivity (Wildman–Crippen MR) is 87.5 cm³/mol. The maximum absolute atomic E-state index is 11.8. The molecule has 0 saturated heterocycles. The number of benzene rings is 1. The van der Waals surface area contributed by atoms with Crippen LogP contribution in [-0.4, -0.2) is 31.0 Å². The van der Waals surface area contributed by atoms with E-state index < -0.39 is 11.5 Å². The molecule has 122 valence electrons. The Hall–Kier alpha value is -3.69. The van der Waals surface area contributed by atoms with Crippen molar-refractivity contribution in [3.05, 3.63) is 46.0 Å². The molecule has 10 heteroatoms. The molecule has 3 aromatic rings. The van der Waals surface area contributed by atoms with Crippen LogP contribution in [0.1, 0.15) is 16.1 Å². The van der Waals surface area contributed by atoms with Crippen LogP contribution in [-0.2, 0) is 6.54 Å². The molecule has 3 rings (SSSR count). The normalized spacial score (nSPS) is 10.7. The Kier molecular flexibility index (Phi) is 3.70. The van der Waals surface area contributed by atoms with Gasteiger partial charge >= 0.3 is 5.97 Å². The molecule has 2 heterocycles. The molecule has 0 aliphatic carbocycles. The Morgan fingerprint density at radius 1 is 1.29 bits per heavy atom. The van der Waals surface area contributed by atoms with Crippen molar-refractivity contribution in [2.24, 2.45) is 0 Å². The van der Waals surface area contributed by atoms with Gasteiger partial charge in [-0.3, -0.25) is 9.78 Å². The number of nitrogens with zero attached hydrogens (tertiary/aromatic N) is 3. The number of aromatic carboxylic acids is 1. The Morgan fingerprint density at radius 3 is 2.79 bits per heavy atom. The van der Waals surface area contributed by atoms with Crippen molar-refractivity contribution in [1.29, 1.82) is 0 Å². The molecule has 0 aliphatic rings. The molecule has 0 bridgehead atoms. The first-order valence-electron chi connectivity index (χ1n) is 6.82. The number of carboxylic acid groups (broad SMARTS) is 1. The van der Waals surface area contributed by atoms with E-state index in [9.17, 15) is 9.59 Å². The van der Waals surface area contributed by atoms with Gasteiger partial charge in [0.15, 0.2) is 11.2 Å². The quantitative estimate of drug-likeness (QED) is 0.419. The van der Waals surface area contributed by atoms with E-state index in [4.69, 9.17) is 16.6 Å². The van der Waals surface area contributed by atoms with Gasteiger partial charge in [-0.1, -0.05) is 0 Å². The van der Waals surface area contributed by atoms with Crippen LogP contribution in [0.4, 0.5) is 17.3 Å². The third-order valence-corrected chi connectivity index (χ3v) is 3.24. The standard InChI is InChI=1S/C14H13N7O3/c15-9-3-6(1-2-8(9)13(23)24)17-4-7-5-18-11-10(19-7)12(22)21-14(16)20-11/h1-3,5,17H,4,15H2,(H,23,24)(H3,16,18,20,21,22). The van der Waals surface area contributed by atoms with E-state index in [1.807, 2.05) is 0 Å². The SMILES string of the molecule is Nc1nc2ncc(CNc3ccc(C(=O)O)c(N)c3)nc2c(=O)[nH]1. The van der Waals surface area contributed by atoms with Crippen molar-refractivity contribution in [1.82, 2.24) is 19.9 Å². The highest BCUT2D eigenvalue weighted by Gasteiger charge is 2.09. The zero-order valence-electron chi connectivity index (χ0n) is 12.3. The number of nitrogens with one attached hydrogen (secondary N) is 2. The highest BCUT2D eigenvalue weighted by atomic mass is 16.4. The van der Waals surface area contributed by atoms with Gasteiger partial charge < -0.3 is 21.9 Å². The Bertz CT molecular complexity index is 999. The molecule has 0 atom stereocenters. The molecular formula is C14H13N7O3. The summed E-state index contributed by atoms with van der Waals surface area (Å²) < 4.78 is 0. The highest BCUT2D eigenvalue weighted by molar-refractivity contribution is 5.94. The van der Waals surface area contributed by atoms with Crippen LogP contribution in [0.25, 0.3) is 11.2 Å². The average molecular weight is 327 g/mol. The fourth-order valence-electron chi connectivity index (χ4n) is 2.12. The number of rotatable bonds is 4. The largest absolute Gasteiger partial charge is 0.478 e. The summed E-state index contributed by atoms with van der Waals surface area (Å²) >= 11 is 0. The lowest BCUT2D eigenvalue weighted by atomic mass is 10.1. The second-order valence-corrected chi connectivity index (χ2v) is 4.95. The fraction of sp³-hybridized carbons (Fsp3) is 0.0714. The Balaban J connectivity index is 1.82. The number of aromatic nitrogens is 4. The predicted octanol–water partition coefficient (Wildman–Crippen LogP) is 0.188. The molecule has 2 aromatic heterocycles. The van der Waals surface area contributed by atoms with Gasteiger partial charge in [0.2, 0.25) is 5.95 Å². The van der Waals surface area contributed by atoms with Crippen LogP contribution in [0.2, 0.25) is 0 Å². The number of anilines is 3. The van der Waals surface area contributed by atoms with Crippen molar-refractivity contribution < 1.29 is 9.90 Å². The number of aromatic amines is 1. The number of carboxylic acids is 1. The summed E-state index contributed by atoms with van der Waals surface area (Å²) in [5.74, 6) is -1.12. The van der Waals surface area contributed by atoms with Crippen LogP contribution in [0.5, 0.6) is 0 Å². The minimum atomic E-state index is -1.09. The fourth-order valence-corrected chi connectivity index (χ4v) is 2.12. The number of hydrogen-bond donors (Lipinski definition) is 5. The summed E-state index contributed by atoms with van der Waals surface area (Å²) in [7, 11) is 0. The first-order valence-corrected chi connectivity index (χ1v) is 6.82. The van der Waals surface area contributed by atoms with Crippen molar-refractivity contribution in [3.8, 4) is 0 Å². The van der Waals surface area contributed by atoms with Crippen molar-refractivity contribution in [2.75, 3.05) is 16.8 Å². The van der Waals surface area contributed by atoms with Gasteiger partial charge in [-0.15, -0.1) is 0 Å². The number of nitrogen functional groups attached to an aromatic ring is 2. The molecule has 0 radical (unpaired) electrons. The van der Waals surface area contributed by atoms with Gasteiger partial charge in [0, 0.05) is 11.4 Å². The third-order valence-electron chi connectivity index (χ3n) is 3.24. The summed E-state index contributed by atoms with van der Waals surface area (Å²) in [6.07, 6.45) is 1.47. The summed E-state index contributed by atoms with van der Waals surface area (Å²) in [5, 5.41) is 12.0. The van der Waals surface area contributed by atoms with Gasteiger partial charge in [-0.05, 0) is 18.2 Å². The lowest BCUT2D eigenvalue weighted by molar-refractivity contribution is 0.0698. The molecule has 0 aliphatic heterocycles. The topological polar surface area (TPSA) is 173 Å². The highest BCUT2D eigenvalue weighted by Crippen LogP contribution is 2.18. The maximum Gasteiger partial charge on any atom is 0.337 e. The van der Waals surface area contributed by atoms with Gasteiger partial charge in [0.05, 0.1) is 24.0 Å². The number of H-pyrrole nitrogens is 1. The molecular weight excluding hydrogens is 314 g/mol. The molecule has 24 heavy (non-hydrogen) atoms. The van der Waals surface area contributed by atoms with Gasteiger partial charge in [0.25, 0.3) is 5.56 Å². The minimum Gasteiger partial charge on any atom is -0.478 e. The second kappa shape index (κ2) is 5.83. The van der Waals surface area contributed by atoms with Crippen LogP contribution < -0.4 is 22.3 Å². The minimum absolute atomic E-state index is 0.0262. The van der Waals surface area contributed by atoms with Crippen molar-refractivity contribution in [2.45, 2.75) is 6.54 Å². The van der Waals surface area contributed by atoms with E-state index in [0.717, 1.165) is 0 Å². The lowest BCUT2D eigenvalue weighted by Gasteiger charge is -2.08. The zero-order chi connectivity index (χ0) is 17.3. The molecule has 0 unspecified atom stereocenters. The van der Waals surface area contributed by atoms with E-state index in [1.54, 1.807) is 6.07 Å². The summed E-state index contributed by atoms with van der Waals surface area (Å²) in [5.41, 5.74) is 12.2.